The van der Waals surface area contributed by atoms with Gasteiger partial charge in [-0.2, -0.15) is 0 Å². The molecule has 5 nitrogen and oxygen atoms in total. The Morgan fingerprint density at radius 2 is 1.82 bits per heavy atom. The number of nitrogens with zero attached hydrogens (tertiary/aromatic N) is 1. The molecule has 1 fully saturated rings. The van der Waals surface area contributed by atoms with Gasteiger partial charge in [0.15, 0.2) is 0 Å². The molecule has 0 radical (unpaired) electrons. The van der Waals surface area contributed by atoms with Gasteiger partial charge in [0, 0.05) is 23.8 Å². The number of amides is 1. The van der Waals surface area contributed by atoms with E-state index in [1.807, 2.05) is 36.1 Å². The first-order chi connectivity index (χ1) is 13.3. The fraction of sp³-hybridized carbons (Fsp3) is 0.409. The second-order valence-electron chi connectivity index (χ2n) is 7.94. The number of hydrogen-bond acceptors (Lipinski definition) is 3. The highest BCUT2D eigenvalue weighted by Crippen LogP contribution is 2.35. The molecule has 0 saturated heterocycles. The van der Waals surface area contributed by atoms with E-state index < -0.39 is 10.0 Å². The van der Waals surface area contributed by atoms with Gasteiger partial charge >= 0.3 is 0 Å². The monoisotopic (exact) mass is 398 g/mol. The summed E-state index contributed by atoms with van der Waals surface area (Å²) in [6, 6.07) is 10.9. The first kappa shape index (κ1) is 19.0. The number of hydrogen-bond donors (Lipinski definition) is 1. The molecular formula is C22H26N2O3S. The van der Waals surface area contributed by atoms with E-state index in [0.717, 1.165) is 48.9 Å². The minimum absolute atomic E-state index is 0.147. The van der Waals surface area contributed by atoms with E-state index in [4.69, 9.17) is 0 Å². The fourth-order valence-electron chi connectivity index (χ4n) is 4.29. The van der Waals surface area contributed by atoms with Crippen molar-refractivity contribution in [3.8, 4) is 0 Å². The predicted octanol–water partition coefficient (Wildman–Crippen LogP) is 4.18. The molecule has 2 aromatic rings. The minimum atomic E-state index is -3.66. The van der Waals surface area contributed by atoms with Crippen molar-refractivity contribution in [1.82, 2.24) is 0 Å². The maximum Gasteiger partial charge on any atom is 0.262 e. The Hall–Kier alpha value is -2.34. The number of benzene rings is 2. The summed E-state index contributed by atoms with van der Waals surface area (Å²) in [5, 5.41) is 0. The topological polar surface area (TPSA) is 66.5 Å². The lowest BCUT2D eigenvalue weighted by atomic mass is 10.1. The molecule has 2 aliphatic rings. The van der Waals surface area contributed by atoms with Crippen LogP contribution in [0, 0.1) is 19.8 Å². The second kappa shape index (κ2) is 7.24. The molecule has 1 N–H and O–H groups in total. The lowest BCUT2D eigenvalue weighted by Crippen LogP contribution is -2.33. The smallest absolute Gasteiger partial charge is 0.262 e. The van der Waals surface area contributed by atoms with Gasteiger partial charge in [-0.25, -0.2) is 8.42 Å². The van der Waals surface area contributed by atoms with Crippen molar-refractivity contribution >= 4 is 27.3 Å². The van der Waals surface area contributed by atoms with Gasteiger partial charge in [-0.05, 0) is 74.1 Å². The summed E-state index contributed by atoms with van der Waals surface area (Å²) in [6.45, 7) is 4.35. The number of fused-ring (bicyclic) bond motifs is 1. The fourth-order valence-corrected chi connectivity index (χ4v) is 5.67. The van der Waals surface area contributed by atoms with E-state index in [1.165, 1.54) is 0 Å². The van der Waals surface area contributed by atoms with Gasteiger partial charge in [-0.1, -0.05) is 25.0 Å². The van der Waals surface area contributed by atoms with Crippen LogP contribution in [0.5, 0.6) is 0 Å². The van der Waals surface area contributed by atoms with Gasteiger partial charge in [0.25, 0.3) is 10.0 Å². The summed E-state index contributed by atoms with van der Waals surface area (Å²) in [7, 11) is -3.66. The van der Waals surface area contributed by atoms with E-state index in [9.17, 15) is 13.2 Å². The molecule has 0 aromatic heterocycles. The highest BCUT2D eigenvalue weighted by atomic mass is 32.2. The summed E-state index contributed by atoms with van der Waals surface area (Å²) in [5.74, 6) is 0.369. The van der Waals surface area contributed by atoms with Crippen LogP contribution in [0.3, 0.4) is 0 Å². The van der Waals surface area contributed by atoms with E-state index in [1.54, 1.807) is 19.1 Å². The van der Waals surface area contributed by atoms with Crippen molar-refractivity contribution in [1.29, 1.82) is 0 Å². The lowest BCUT2D eigenvalue weighted by molar-refractivity contribution is -0.122. The largest absolute Gasteiger partial charge is 0.312 e. The first-order valence-electron chi connectivity index (χ1n) is 9.89. The van der Waals surface area contributed by atoms with Crippen molar-refractivity contribution in [3.05, 3.63) is 53.1 Å². The third-order valence-corrected chi connectivity index (χ3v) is 7.35. The molecule has 1 amide bonds. The van der Waals surface area contributed by atoms with Crippen molar-refractivity contribution < 1.29 is 13.2 Å². The Balaban J connectivity index is 1.57. The SMILES string of the molecule is Cc1ccc(C)c(S(=O)(=O)Nc2ccc3c(c2)CCN3C(=O)C2CCCC2)c1. The van der Waals surface area contributed by atoms with Crippen LogP contribution >= 0.6 is 0 Å². The third-order valence-electron chi connectivity index (χ3n) is 5.83. The van der Waals surface area contributed by atoms with Gasteiger partial charge in [0.2, 0.25) is 5.91 Å². The van der Waals surface area contributed by atoms with Gasteiger partial charge in [-0.3, -0.25) is 9.52 Å². The summed E-state index contributed by atoms with van der Waals surface area (Å²) in [5.41, 5.74) is 4.10. The van der Waals surface area contributed by atoms with Crippen molar-refractivity contribution in [2.45, 2.75) is 50.8 Å². The molecule has 0 bridgehead atoms. The number of anilines is 2. The van der Waals surface area contributed by atoms with Crippen LogP contribution in [0.25, 0.3) is 0 Å². The Bertz CT molecular complexity index is 1020. The average Bonchev–Trinajstić information content (AvgIpc) is 3.32. The maximum absolute atomic E-state index is 12.8. The molecule has 1 aliphatic carbocycles. The Labute approximate surface area is 166 Å². The van der Waals surface area contributed by atoms with Crippen LogP contribution in [0.15, 0.2) is 41.3 Å². The molecule has 0 unspecified atom stereocenters. The molecule has 148 valence electrons. The van der Waals surface area contributed by atoms with E-state index >= 15 is 0 Å². The molecule has 0 spiro atoms. The third kappa shape index (κ3) is 3.53. The number of sulfonamides is 1. The molecule has 1 heterocycles. The Morgan fingerprint density at radius 1 is 1.07 bits per heavy atom. The van der Waals surface area contributed by atoms with E-state index in [0.29, 0.717) is 22.7 Å². The molecule has 0 atom stereocenters. The Kier molecular flexibility index (Phi) is 4.91. The number of aryl methyl sites for hydroxylation is 2. The van der Waals surface area contributed by atoms with Crippen molar-refractivity contribution in [2.24, 2.45) is 5.92 Å². The van der Waals surface area contributed by atoms with Gasteiger partial charge in [0.1, 0.15) is 0 Å². The quantitative estimate of drug-likeness (QED) is 0.840. The van der Waals surface area contributed by atoms with Crippen LogP contribution < -0.4 is 9.62 Å². The van der Waals surface area contributed by atoms with Crippen LogP contribution in [0.4, 0.5) is 11.4 Å². The van der Waals surface area contributed by atoms with E-state index in [-0.39, 0.29) is 11.8 Å². The molecule has 6 heteroatoms. The van der Waals surface area contributed by atoms with Crippen LogP contribution in [0.2, 0.25) is 0 Å². The zero-order chi connectivity index (χ0) is 19.9. The average molecular weight is 399 g/mol. The standard InChI is InChI=1S/C22H26N2O3S/c1-15-7-8-16(2)21(13-15)28(26,27)23-19-9-10-20-18(14-19)11-12-24(20)22(25)17-5-3-4-6-17/h7-10,13-14,17,23H,3-6,11-12H2,1-2H3. The minimum Gasteiger partial charge on any atom is -0.312 e. The normalized spacial score (nSPS) is 17.0. The predicted molar refractivity (Wildman–Crippen MR) is 111 cm³/mol. The number of nitrogens with one attached hydrogen (secondary N) is 1. The summed E-state index contributed by atoms with van der Waals surface area (Å²) in [6.07, 6.45) is 5.00. The van der Waals surface area contributed by atoms with Crippen molar-refractivity contribution in [2.75, 3.05) is 16.2 Å². The van der Waals surface area contributed by atoms with Gasteiger partial charge in [0.05, 0.1) is 4.90 Å². The molecule has 2 aromatic carbocycles. The van der Waals surface area contributed by atoms with Crippen LogP contribution in [-0.2, 0) is 21.2 Å². The molecule has 4 rings (SSSR count). The zero-order valence-electron chi connectivity index (χ0n) is 16.4. The molecule has 1 saturated carbocycles. The summed E-state index contributed by atoms with van der Waals surface area (Å²) < 4.78 is 28.4. The van der Waals surface area contributed by atoms with Crippen LogP contribution in [-0.4, -0.2) is 20.9 Å². The van der Waals surface area contributed by atoms with Gasteiger partial charge < -0.3 is 4.90 Å². The second-order valence-corrected chi connectivity index (χ2v) is 9.59. The van der Waals surface area contributed by atoms with E-state index in [2.05, 4.69) is 4.72 Å². The maximum atomic E-state index is 12.8. The van der Waals surface area contributed by atoms with Gasteiger partial charge in [-0.15, -0.1) is 0 Å². The lowest BCUT2D eigenvalue weighted by Gasteiger charge is -2.21. The molecule has 28 heavy (non-hydrogen) atoms. The number of carbonyl (C=O) groups is 1. The number of rotatable bonds is 4. The highest BCUT2D eigenvalue weighted by molar-refractivity contribution is 7.92. The highest BCUT2D eigenvalue weighted by Gasteiger charge is 2.32. The summed E-state index contributed by atoms with van der Waals surface area (Å²) >= 11 is 0. The Morgan fingerprint density at radius 3 is 2.57 bits per heavy atom. The van der Waals surface area contributed by atoms with Crippen LogP contribution in [0.1, 0.15) is 42.4 Å². The number of carbonyl (C=O) groups excluding carboxylic acids is 1. The molecule has 1 aliphatic heterocycles. The van der Waals surface area contributed by atoms with Crippen molar-refractivity contribution in [3.63, 3.8) is 0 Å². The zero-order valence-corrected chi connectivity index (χ0v) is 17.2. The molecular weight excluding hydrogens is 372 g/mol. The summed E-state index contributed by atoms with van der Waals surface area (Å²) in [4.78, 5) is 15.0. The first-order valence-corrected chi connectivity index (χ1v) is 11.4.